The van der Waals surface area contributed by atoms with E-state index in [4.69, 9.17) is 0 Å². The predicted molar refractivity (Wildman–Crippen MR) is 180 cm³/mol. The van der Waals surface area contributed by atoms with E-state index in [1.807, 2.05) is 0 Å². The Morgan fingerprint density at radius 3 is 2.15 bits per heavy atom. The van der Waals surface area contributed by atoms with Gasteiger partial charge < -0.3 is 19.9 Å². The molecular formula is C38H42F7N3O4. The van der Waals surface area contributed by atoms with Crippen LogP contribution in [0.25, 0.3) is 11.1 Å². The number of aromatic nitrogens is 1. The van der Waals surface area contributed by atoms with Crippen LogP contribution in [0.2, 0.25) is 0 Å². The molecule has 2 heterocycles. The molecule has 1 aromatic heterocycles. The van der Waals surface area contributed by atoms with Gasteiger partial charge in [0, 0.05) is 49.8 Å². The van der Waals surface area contributed by atoms with Crippen molar-refractivity contribution in [3.8, 4) is 11.1 Å². The Morgan fingerprint density at radius 2 is 1.62 bits per heavy atom. The van der Waals surface area contributed by atoms with Crippen molar-refractivity contribution in [3.05, 3.63) is 91.9 Å². The number of pyridine rings is 1. The lowest BCUT2D eigenvalue weighted by Gasteiger charge is -2.40. The lowest BCUT2D eigenvalue weighted by atomic mass is 9.90. The van der Waals surface area contributed by atoms with Gasteiger partial charge in [-0.3, -0.25) is 14.4 Å². The molecule has 2 N–H and O–H groups in total. The summed E-state index contributed by atoms with van der Waals surface area (Å²) in [5.41, 5.74) is -0.415. The number of carbonyl (C=O) groups is 2. The molecule has 14 heteroatoms. The average Bonchev–Trinajstić information content (AvgIpc) is 3.60. The van der Waals surface area contributed by atoms with Crippen molar-refractivity contribution in [2.75, 3.05) is 19.6 Å². The van der Waals surface area contributed by atoms with Crippen molar-refractivity contribution in [3.63, 3.8) is 0 Å². The normalized spacial score (nSPS) is 18.6. The van der Waals surface area contributed by atoms with E-state index < -0.39 is 71.2 Å². The zero-order valence-electron chi connectivity index (χ0n) is 29.5. The van der Waals surface area contributed by atoms with Gasteiger partial charge in [-0.1, -0.05) is 13.8 Å². The topological polar surface area (TPSA) is 91.6 Å². The molecule has 7 nitrogen and oxygen atoms in total. The number of likely N-dealkylation sites (tertiary alicyclic amines) is 1. The fraction of sp³-hybridized carbons (Fsp3) is 0.500. The number of hydrogen-bond donors (Lipinski definition) is 2. The van der Waals surface area contributed by atoms with Gasteiger partial charge in [0.2, 0.25) is 5.91 Å². The van der Waals surface area contributed by atoms with Gasteiger partial charge in [-0.05, 0) is 103 Å². The quantitative estimate of drug-likeness (QED) is 0.175. The van der Waals surface area contributed by atoms with E-state index in [-0.39, 0.29) is 54.3 Å². The third kappa shape index (κ3) is 8.70. The highest BCUT2D eigenvalue weighted by Crippen LogP contribution is 2.49. The molecule has 0 radical (unpaired) electrons. The number of carboxylic acid groups (broad SMARTS) is 1. The van der Waals surface area contributed by atoms with E-state index in [1.165, 1.54) is 31.2 Å². The Balaban J connectivity index is 1.48. The molecule has 1 aliphatic carbocycles. The van der Waals surface area contributed by atoms with Crippen LogP contribution in [0.15, 0.2) is 41.3 Å². The van der Waals surface area contributed by atoms with Gasteiger partial charge in [-0.25, -0.2) is 17.6 Å². The minimum atomic E-state index is -4.89. The maximum Gasteiger partial charge on any atom is 0.416 e. The zero-order chi connectivity index (χ0) is 38.4. The summed E-state index contributed by atoms with van der Waals surface area (Å²) in [6.07, 6.45) is -5.01. The average molecular weight is 738 g/mol. The minimum absolute atomic E-state index is 0.0291. The molecule has 1 saturated heterocycles. The summed E-state index contributed by atoms with van der Waals surface area (Å²) in [4.78, 5) is 41.2. The largest absolute Gasteiger partial charge is 0.481 e. The van der Waals surface area contributed by atoms with E-state index in [0.29, 0.717) is 41.4 Å². The second kappa shape index (κ2) is 14.7. The van der Waals surface area contributed by atoms with Gasteiger partial charge in [0.05, 0.1) is 18.0 Å². The van der Waals surface area contributed by atoms with Crippen LogP contribution in [-0.2, 0) is 22.2 Å². The lowest BCUT2D eigenvalue weighted by molar-refractivity contribution is -0.139. The summed E-state index contributed by atoms with van der Waals surface area (Å²) in [6, 6.07) is 3.11. The molecule has 1 unspecified atom stereocenters. The van der Waals surface area contributed by atoms with Crippen molar-refractivity contribution < 1.29 is 45.4 Å². The predicted octanol–water partition coefficient (Wildman–Crippen LogP) is 7.79. The molecule has 0 spiro atoms. The van der Waals surface area contributed by atoms with E-state index in [1.54, 1.807) is 32.6 Å². The van der Waals surface area contributed by atoms with Gasteiger partial charge >= 0.3 is 12.1 Å². The first-order valence-corrected chi connectivity index (χ1v) is 17.2. The maximum atomic E-state index is 15.8. The Labute approximate surface area is 296 Å². The fourth-order valence-electron chi connectivity index (χ4n) is 7.34. The number of halogens is 7. The van der Waals surface area contributed by atoms with Crippen LogP contribution in [0.5, 0.6) is 0 Å². The van der Waals surface area contributed by atoms with Crippen LogP contribution >= 0.6 is 0 Å². The van der Waals surface area contributed by atoms with E-state index >= 15 is 4.39 Å². The van der Waals surface area contributed by atoms with Crippen LogP contribution in [0, 0.1) is 50.2 Å². The van der Waals surface area contributed by atoms with Crippen molar-refractivity contribution in [2.45, 2.75) is 84.5 Å². The molecule has 2 fully saturated rings. The molecule has 1 aliphatic heterocycles. The van der Waals surface area contributed by atoms with E-state index in [0.717, 1.165) is 10.8 Å². The fourth-order valence-corrected chi connectivity index (χ4v) is 7.34. The van der Waals surface area contributed by atoms with Crippen molar-refractivity contribution in [1.29, 1.82) is 0 Å². The summed E-state index contributed by atoms with van der Waals surface area (Å²) in [6.45, 7) is 9.02. The number of rotatable bonds is 13. The van der Waals surface area contributed by atoms with E-state index in [2.05, 4.69) is 5.32 Å². The van der Waals surface area contributed by atoms with Crippen molar-refractivity contribution >= 4 is 11.9 Å². The van der Waals surface area contributed by atoms with Crippen LogP contribution in [0.4, 0.5) is 30.7 Å². The monoisotopic (exact) mass is 737 g/mol. The number of nitrogens with zero attached hydrogens (tertiary/aromatic N) is 2. The SMILES string of the molecule is Cc1cc(-c2c(C)cc(F)cc2C)cc([C@H](CC(=O)O)NC(=O)[C@H](CC(C)C)n2cc(CC3CN(CC4CC4(F)F)C3)c(C(F)(F)F)cc2=O)c1F. The number of aryl methyl sites for hydroxylation is 3. The zero-order valence-corrected chi connectivity index (χ0v) is 29.5. The summed E-state index contributed by atoms with van der Waals surface area (Å²) in [5.74, 6) is -7.59. The summed E-state index contributed by atoms with van der Waals surface area (Å²) in [5, 5.41) is 12.4. The number of amides is 1. The maximum absolute atomic E-state index is 15.8. The number of hydrogen-bond acceptors (Lipinski definition) is 4. The molecule has 3 aromatic rings. The Morgan fingerprint density at radius 1 is 1.00 bits per heavy atom. The first-order valence-electron chi connectivity index (χ1n) is 17.2. The molecule has 2 aliphatic rings. The highest BCUT2D eigenvalue weighted by Gasteiger charge is 2.57. The van der Waals surface area contributed by atoms with Crippen LogP contribution in [0.3, 0.4) is 0 Å². The van der Waals surface area contributed by atoms with Crippen LogP contribution in [-0.4, -0.2) is 52.0 Å². The Kier molecular flexibility index (Phi) is 11.0. The number of carbonyl (C=O) groups excluding carboxylic acids is 1. The number of alkyl halides is 5. The molecular weight excluding hydrogens is 695 g/mol. The highest BCUT2D eigenvalue weighted by molar-refractivity contribution is 5.82. The van der Waals surface area contributed by atoms with Gasteiger partial charge in [-0.2, -0.15) is 13.2 Å². The molecule has 52 heavy (non-hydrogen) atoms. The van der Waals surface area contributed by atoms with Gasteiger partial charge in [-0.15, -0.1) is 0 Å². The summed E-state index contributed by atoms with van der Waals surface area (Å²) in [7, 11) is 0. The molecule has 5 rings (SSSR count). The second-order valence-corrected chi connectivity index (χ2v) is 14.8. The molecule has 1 amide bonds. The Bertz CT molecular complexity index is 1890. The van der Waals surface area contributed by atoms with Gasteiger partial charge in [0.25, 0.3) is 11.5 Å². The highest BCUT2D eigenvalue weighted by atomic mass is 19.4. The molecule has 2 aromatic carbocycles. The van der Waals surface area contributed by atoms with Crippen molar-refractivity contribution in [2.24, 2.45) is 17.8 Å². The smallest absolute Gasteiger partial charge is 0.416 e. The molecule has 282 valence electrons. The first-order chi connectivity index (χ1) is 24.1. The standard InChI is InChI=1S/C38H42F7N3O4/c1-19(2)6-31(48-17-25(29(12-32(48)49)38(43,44)45)10-23-15-47(16-23)18-26-14-37(26,41)42)36(52)46-30(13-33(50)51)28-11-24(7-22(5)35(28)40)34-20(3)8-27(39)9-21(34)4/h7-9,11-12,17,19,23,26,30-31H,6,10,13-16,18H2,1-5H3,(H,46,52)(H,50,51)/t26?,30-,31-/m0/s1. The number of carboxylic acids is 1. The molecule has 3 atom stereocenters. The summed E-state index contributed by atoms with van der Waals surface area (Å²) >= 11 is 0. The van der Waals surface area contributed by atoms with Crippen molar-refractivity contribution in [1.82, 2.24) is 14.8 Å². The first kappa shape index (κ1) is 39.0. The Hall–Kier alpha value is -4.20. The second-order valence-electron chi connectivity index (χ2n) is 14.8. The van der Waals surface area contributed by atoms with E-state index in [9.17, 15) is 45.8 Å². The van der Waals surface area contributed by atoms with Crippen LogP contribution < -0.4 is 10.9 Å². The number of benzene rings is 2. The lowest BCUT2D eigenvalue weighted by Crippen LogP contribution is -2.49. The van der Waals surface area contributed by atoms with Gasteiger partial charge in [0.15, 0.2) is 0 Å². The molecule has 1 saturated carbocycles. The number of aliphatic carboxylic acids is 1. The van der Waals surface area contributed by atoms with Crippen LogP contribution in [0.1, 0.15) is 78.6 Å². The third-order valence-electron chi connectivity index (χ3n) is 9.92. The number of nitrogens with one attached hydrogen (secondary N) is 1. The summed E-state index contributed by atoms with van der Waals surface area (Å²) < 4.78 is 100. The minimum Gasteiger partial charge on any atom is -0.481 e. The molecule has 0 bridgehead atoms. The van der Waals surface area contributed by atoms with Gasteiger partial charge in [0.1, 0.15) is 17.7 Å². The third-order valence-corrected chi connectivity index (χ3v) is 9.92.